The molecule has 0 aliphatic heterocycles. The first-order valence-electron chi connectivity index (χ1n) is 29.1. The number of amides is 1. The molecule has 0 atom stereocenters. The minimum Gasteiger partial charge on any atom is -0.359 e. The van der Waals surface area contributed by atoms with Crippen LogP contribution in [0.2, 0.25) is 0 Å². The lowest BCUT2D eigenvalue weighted by molar-refractivity contribution is -0.118. The number of alkyl halides is 1. The zero-order chi connectivity index (χ0) is 64.8. The normalized spacial score (nSPS) is 8.00. The van der Waals surface area contributed by atoms with Gasteiger partial charge in [-0.15, -0.1) is 0 Å². The number of aryl methyl sites for hydroxylation is 2. The Hall–Kier alpha value is -7.78. The number of carbonyl (C=O) groups excluding carboxylic acids is 1. The lowest BCUT2D eigenvalue weighted by Gasteiger charge is -1.96. The largest absolute Gasteiger partial charge is 0.359 e. The van der Waals surface area contributed by atoms with Crippen LogP contribution in [0, 0.1) is 37.5 Å². The second-order valence-electron chi connectivity index (χ2n) is 18.4. The van der Waals surface area contributed by atoms with E-state index in [1.807, 2.05) is 169 Å². The molecule has 6 aromatic heterocycles. The molecule has 83 heavy (non-hydrogen) atoms. The molecule has 6 heterocycles. The van der Waals surface area contributed by atoms with Crippen LogP contribution in [0.4, 0.5) is 4.39 Å². The van der Waals surface area contributed by atoms with Crippen molar-refractivity contribution in [3.05, 3.63) is 267 Å². The van der Waals surface area contributed by atoms with Gasteiger partial charge in [-0.25, -0.2) is 0 Å². The van der Waals surface area contributed by atoms with Gasteiger partial charge in [-0.1, -0.05) is 245 Å². The van der Waals surface area contributed by atoms with Crippen LogP contribution >= 0.6 is 0 Å². The molecule has 0 saturated carbocycles. The second kappa shape index (κ2) is 85.5. The average Bonchev–Trinajstić information content (AvgIpc) is 3.53. The first-order valence-corrected chi connectivity index (χ1v) is 29.1. The molecule has 1 amide bonds. The summed E-state index contributed by atoms with van der Waals surface area (Å²) in [6.07, 6.45) is 21.0. The molecule has 3 aromatic carbocycles. The molecule has 0 radical (unpaired) electrons. The van der Waals surface area contributed by atoms with Crippen molar-refractivity contribution >= 4 is 16.7 Å². The van der Waals surface area contributed by atoms with Crippen LogP contribution in [0.1, 0.15) is 143 Å². The van der Waals surface area contributed by atoms with E-state index >= 15 is 0 Å². The van der Waals surface area contributed by atoms with Gasteiger partial charge in [-0.3, -0.25) is 39.1 Å². The summed E-state index contributed by atoms with van der Waals surface area (Å²) in [6.45, 7) is 43.7. The number of nitrogens with one attached hydrogen (secondary N) is 1. The van der Waals surface area contributed by atoms with Crippen molar-refractivity contribution in [2.24, 2.45) is 23.7 Å². The summed E-state index contributed by atoms with van der Waals surface area (Å²) < 4.78 is 9.50. The predicted octanol–water partition coefficient (Wildman–Crippen LogP) is 21.7. The standard InChI is InChI=1S/C11H10.C7H8.6C5H5N.4C4H10.C3H7NO.3C2H6.CH3F/c1-9-6-7-10-4-2-3-5-11(10)8-9;1-7-5-3-2-4-6-7;6*1-2-4-6-5-3-1;4*1-4(2)3;1-3(5)4-2;4*1-2/h2-8H,1H3;2-6H,1H3;6*1-5H;4*4H,1-3H3;1-2H3,(H,4,5);3*1-2H3;1H3. The van der Waals surface area contributed by atoms with Crippen LogP contribution in [0.25, 0.3) is 10.8 Å². The number of hydrogen-bond donors (Lipinski definition) is 1. The van der Waals surface area contributed by atoms with Gasteiger partial charge < -0.3 is 5.32 Å². The van der Waals surface area contributed by atoms with E-state index in [2.05, 4.69) is 187 Å². The van der Waals surface area contributed by atoms with Gasteiger partial charge >= 0.3 is 0 Å². The lowest BCUT2D eigenvalue weighted by Crippen LogP contribution is -2.11. The number of halogens is 1. The Kier molecular flexibility index (Phi) is 94.5. The number of hydrogen-bond acceptors (Lipinski definition) is 7. The fourth-order valence-corrected chi connectivity index (χ4v) is 3.72. The molecule has 460 valence electrons. The molecule has 8 nitrogen and oxygen atoms in total. The van der Waals surface area contributed by atoms with Gasteiger partial charge in [0.25, 0.3) is 0 Å². The van der Waals surface area contributed by atoms with Gasteiger partial charge in [-0.2, -0.15) is 0 Å². The summed E-state index contributed by atoms with van der Waals surface area (Å²) in [5.74, 6) is 3.34. The SMILES string of the molecule is CC.CC.CC.CC(C)C.CC(C)C.CC(C)C.CC(C)C.CF.CNC(C)=O.Cc1ccc2ccccc2c1.Cc1ccccc1.c1ccncc1.c1ccncc1.c1ccncc1.c1ccncc1.c1ccncc1.c1ccncc1. The fraction of sp³-hybridized carbons (Fsp3) is 0.365. The highest BCUT2D eigenvalue weighted by atomic mass is 19.1. The van der Waals surface area contributed by atoms with Crippen molar-refractivity contribution < 1.29 is 9.18 Å². The van der Waals surface area contributed by atoms with Crippen LogP contribution in [-0.4, -0.2) is 50.0 Å². The van der Waals surface area contributed by atoms with E-state index in [1.54, 1.807) is 81.4 Å². The van der Waals surface area contributed by atoms with Gasteiger partial charge in [0.05, 0.1) is 7.18 Å². The number of carbonyl (C=O) groups is 1. The van der Waals surface area contributed by atoms with E-state index in [9.17, 15) is 9.18 Å². The third-order valence-corrected chi connectivity index (χ3v) is 6.60. The minimum absolute atomic E-state index is 0.00463. The summed E-state index contributed by atoms with van der Waals surface area (Å²) in [7, 11) is 2.10. The van der Waals surface area contributed by atoms with Gasteiger partial charge in [0.1, 0.15) is 0 Å². The van der Waals surface area contributed by atoms with Crippen LogP contribution in [0.3, 0.4) is 0 Å². The molecule has 1 N–H and O–H groups in total. The molecular formula is C74H116FN7O. The van der Waals surface area contributed by atoms with Crippen molar-refractivity contribution in [1.82, 2.24) is 35.2 Å². The summed E-state index contributed by atoms with van der Waals surface area (Å²) >= 11 is 0. The van der Waals surface area contributed by atoms with Crippen LogP contribution in [0.15, 0.2) is 256 Å². The lowest BCUT2D eigenvalue weighted by atomic mass is 10.1. The third kappa shape index (κ3) is 114. The highest BCUT2D eigenvalue weighted by molar-refractivity contribution is 5.82. The van der Waals surface area contributed by atoms with Gasteiger partial charge in [-0.05, 0) is 121 Å². The number of fused-ring (bicyclic) bond motifs is 1. The molecule has 0 fully saturated rings. The van der Waals surface area contributed by atoms with Gasteiger partial charge in [0.15, 0.2) is 0 Å². The molecule has 0 aliphatic rings. The molecule has 9 heteroatoms. The van der Waals surface area contributed by atoms with Crippen LogP contribution < -0.4 is 5.32 Å². The van der Waals surface area contributed by atoms with Crippen molar-refractivity contribution in [1.29, 1.82) is 0 Å². The topological polar surface area (TPSA) is 106 Å². The molecule has 0 bridgehead atoms. The Balaban J connectivity index is -0.000000122. The Morgan fingerprint density at radius 3 is 0.639 bits per heavy atom. The van der Waals surface area contributed by atoms with E-state index in [0.717, 1.165) is 23.7 Å². The maximum absolute atomic E-state index is 9.70. The summed E-state index contributed by atoms with van der Waals surface area (Å²) in [5, 5.41) is 5.03. The maximum atomic E-state index is 9.70. The van der Waals surface area contributed by atoms with Crippen molar-refractivity contribution in [2.45, 2.75) is 145 Å². The highest BCUT2D eigenvalue weighted by Crippen LogP contribution is 2.14. The fourth-order valence-electron chi connectivity index (χ4n) is 3.72. The van der Waals surface area contributed by atoms with Gasteiger partial charge in [0.2, 0.25) is 5.91 Å². The molecule has 0 spiro atoms. The molecule has 0 saturated heterocycles. The average molecular weight is 1140 g/mol. The first kappa shape index (κ1) is 91.7. The van der Waals surface area contributed by atoms with Crippen molar-refractivity contribution in [2.75, 3.05) is 14.2 Å². The van der Waals surface area contributed by atoms with Gasteiger partial charge in [0, 0.05) is 88.3 Å². The Morgan fingerprint density at radius 1 is 0.313 bits per heavy atom. The Morgan fingerprint density at radius 2 is 0.494 bits per heavy atom. The molecule has 9 rings (SSSR count). The Bertz CT molecular complexity index is 1910. The molecule has 9 aromatic rings. The first-order chi connectivity index (χ1) is 40.0. The second-order valence-corrected chi connectivity index (χ2v) is 18.4. The van der Waals surface area contributed by atoms with E-state index < -0.39 is 0 Å². The van der Waals surface area contributed by atoms with E-state index in [0.29, 0.717) is 7.18 Å². The smallest absolute Gasteiger partial charge is 0.216 e. The minimum atomic E-state index is 0.00463. The predicted molar refractivity (Wildman–Crippen MR) is 368 cm³/mol. The number of aromatic nitrogens is 6. The number of pyridine rings is 6. The third-order valence-electron chi connectivity index (χ3n) is 6.60. The molecule has 0 unspecified atom stereocenters. The monoisotopic (exact) mass is 1140 g/mol. The van der Waals surface area contributed by atoms with E-state index in [1.165, 1.54) is 28.8 Å². The number of nitrogens with zero attached hydrogens (tertiary/aromatic N) is 6. The molecule has 0 aliphatic carbocycles. The zero-order valence-electron chi connectivity index (χ0n) is 56.0. The van der Waals surface area contributed by atoms with Crippen LogP contribution in [-0.2, 0) is 4.79 Å². The maximum Gasteiger partial charge on any atom is 0.216 e. The number of rotatable bonds is 0. The van der Waals surface area contributed by atoms with E-state index in [4.69, 9.17) is 0 Å². The summed E-state index contributed by atoms with van der Waals surface area (Å²) in [6, 6.07) is 59.5. The summed E-state index contributed by atoms with van der Waals surface area (Å²) in [4.78, 5) is 32.4. The van der Waals surface area contributed by atoms with E-state index in [-0.39, 0.29) is 5.91 Å². The van der Waals surface area contributed by atoms with Crippen LogP contribution in [0.5, 0.6) is 0 Å². The quantitative estimate of drug-likeness (QED) is 0.161. The summed E-state index contributed by atoms with van der Waals surface area (Å²) in [5.41, 5.74) is 2.64. The zero-order valence-corrected chi connectivity index (χ0v) is 56.0. The van der Waals surface area contributed by atoms with Crippen molar-refractivity contribution in [3.8, 4) is 0 Å². The molecular weight excluding hydrogens is 1020 g/mol. The highest BCUT2D eigenvalue weighted by Gasteiger charge is 1.89. The van der Waals surface area contributed by atoms with Crippen molar-refractivity contribution in [3.63, 3.8) is 0 Å². The Labute approximate surface area is 509 Å². The number of benzene rings is 3.